The summed E-state index contributed by atoms with van der Waals surface area (Å²) >= 11 is 0. The van der Waals surface area contributed by atoms with Gasteiger partial charge in [-0.15, -0.1) is 0 Å². The number of aryl methyl sites for hydroxylation is 1. The number of rotatable bonds is 4. The molecule has 3 rings (SSSR count). The fraction of sp³-hybridized carbons (Fsp3) is 0.619. The van der Waals surface area contributed by atoms with Gasteiger partial charge in [-0.05, 0) is 64.0 Å². The zero-order valence-electron chi connectivity index (χ0n) is 22.0. The van der Waals surface area contributed by atoms with E-state index >= 15 is 0 Å². The monoisotopic (exact) mass is 322 g/mol. The number of ether oxygens (including phenoxy) is 1. The van der Waals surface area contributed by atoms with E-state index < -0.39 is 42.6 Å². The standard InChI is InChI=1S/C21H30O2/c1-5-6-7-8-15-12-18(22)20-16-11-14(2)9-10-17(16)21(3,4)23-19(20)13-15/h11-13,16-17,22H,5-10H2,1-4H3/t16-,17-/m1/s1/i2D3,8D2,9D2,16D. The Labute approximate surface area is 151 Å². The van der Waals surface area contributed by atoms with Crippen molar-refractivity contribution >= 4 is 0 Å². The van der Waals surface area contributed by atoms with Gasteiger partial charge in [0, 0.05) is 28.3 Å². The van der Waals surface area contributed by atoms with E-state index in [0.29, 0.717) is 6.42 Å². The zero-order chi connectivity index (χ0) is 23.6. The fourth-order valence-corrected chi connectivity index (χ4v) is 3.33. The van der Waals surface area contributed by atoms with Crippen LogP contribution in [0, 0.1) is 5.92 Å². The fourth-order valence-electron chi connectivity index (χ4n) is 3.33. The van der Waals surface area contributed by atoms with Gasteiger partial charge in [-0.25, -0.2) is 0 Å². The lowest BCUT2D eigenvalue weighted by atomic mass is 9.68. The first-order chi connectivity index (χ1) is 14.0. The van der Waals surface area contributed by atoms with Gasteiger partial charge < -0.3 is 9.84 Å². The maximum atomic E-state index is 10.9. The van der Waals surface area contributed by atoms with Crippen molar-refractivity contribution in [1.82, 2.24) is 0 Å². The molecule has 2 atom stereocenters. The van der Waals surface area contributed by atoms with E-state index in [0.717, 1.165) is 12.5 Å². The van der Waals surface area contributed by atoms with E-state index in [1.54, 1.807) is 13.8 Å². The highest BCUT2D eigenvalue weighted by molar-refractivity contribution is 5.53. The van der Waals surface area contributed by atoms with E-state index in [2.05, 4.69) is 0 Å². The predicted octanol–water partition coefficient (Wildman–Crippen LogP) is 5.74. The molecule has 1 aliphatic heterocycles. The lowest BCUT2D eigenvalue weighted by Crippen LogP contribution is -2.45. The van der Waals surface area contributed by atoms with E-state index in [1.807, 2.05) is 6.92 Å². The summed E-state index contributed by atoms with van der Waals surface area (Å²) in [6.45, 7) is 2.66. The first-order valence-corrected chi connectivity index (χ1v) is 8.26. The maximum Gasteiger partial charge on any atom is 0.127 e. The normalized spacial score (nSPS) is 36.8. The molecule has 0 unspecified atom stereocenters. The summed E-state index contributed by atoms with van der Waals surface area (Å²) in [6.07, 6.45) is -1.21. The minimum atomic E-state index is -2.72. The van der Waals surface area contributed by atoms with Crippen LogP contribution in [0.15, 0.2) is 23.8 Å². The Morgan fingerprint density at radius 1 is 1.48 bits per heavy atom. The van der Waals surface area contributed by atoms with Crippen molar-refractivity contribution in [2.75, 3.05) is 0 Å². The van der Waals surface area contributed by atoms with Crippen molar-refractivity contribution in [2.24, 2.45) is 5.92 Å². The number of phenols is 1. The highest BCUT2D eigenvalue weighted by atomic mass is 16.5. The molecular formula is C21H30O2. The van der Waals surface area contributed by atoms with Crippen molar-refractivity contribution in [3.05, 3.63) is 34.9 Å². The topological polar surface area (TPSA) is 29.5 Å². The molecule has 0 aromatic heterocycles. The van der Waals surface area contributed by atoms with Crippen LogP contribution in [0.3, 0.4) is 0 Å². The number of aromatic hydroxyl groups is 1. The van der Waals surface area contributed by atoms with Gasteiger partial charge in [0.2, 0.25) is 0 Å². The SMILES string of the molecule is [2H]C([2H])([2H])C1=C[C@@]2([2H])c3c(O)cc(C([2H])([2H])CCCC)cc3OC(C)(C)[C@@H]2CC1([2H])[2H]. The summed E-state index contributed by atoms with van der Waals surface area (Å²) in [4.78, 5) is 0. The molecule has 126 valence electrons. The van der Waals surface area contributed by atoms with Crippen LogP contribution < -0.4 is 4.74 Å². The van der Waals surface area contributed by atoms with Crippen molar-refractivity contribution in [3.63, 3.8) is 0 Å². The molecule has 0 radical (unpaired) electrons. The summed E-state index contributed by atoms with van der Waals surface area (Å²) in [5.74, 6) is -2.70. The Kier molecular flexibility index (Phi) is 2.47. The molecule has 1 aromatic carbocycles. The molecule has 1 aromatic rings. The first kappa shape index (κ1) is 9.15. The molecule has 0 spiro atoms. The van der Waals surface area contributed by atoms with Crippen LogP contribution >= 0.6 is 0 Å². The summed E-state index contributed by atoms with van der Waals surface area (Å²) in [6, 6.07) is 2.78. The van der Waals surface area contributed by atoms with E-state index in [9.17, 15) is 6.48 Å². The number of allylic oxidation sites excluding steroid dienone is 2. The molecule has 0 saturated heterocycles. The third-order valence-corrected chi connectivity index (χ3v) is 4.61. The number of hydrogen-bond donors (Lipinski definition) is 1. The Balaban J connectivity index is 2.25. The van der Waals surface area contributed by atoms with Crippen molar-refractivity contribution in [1.29, 1.82) is 0 Å². The van der Waals surface area contributed by atoms with Gasteiger partial charge >= 0.3 is 0 Å². The van der Waals surface area contributed by atoms with Gasteiger partial charge in [-0.3, -0.25) is 0 Å². The number of hydrogen-bond acceptors (Lipinski definition) is 2. The molecule has 2 nitrogen and oxygen atoms in total. The average molecular weight is 323 g/mol. The Morgan fingerprint density at radius 3 is 3.04 bits per heavy atom. The molecule has 0 saturated carbocycles. The number of benzene rings is 1. The lowest BCUT2D eigenvalue weighted by Gasteiger charge is -2.46. The smallest absolute Gasteiger partial charge is 0.127 e. The third-order valence-electron chi connectivity index (χ3n) is 4.61. The Morgan fingerprint density at radius 2 is 2.30 bits per heavy atom. The second-order valence-corrected chi connectivity index (χ2v) is 6.80. The van der Waals surface area contributed by atoms with Gasteiger partial charge in [0.1, 0.15) is 17.1 Å². The second-order valence-electron chi connectivity index (χ2n) is 6.80. The maximum absolute atomic E-state index is 10.9. The summed E-state index contributed by atoms with van der Waals surface area (Å²) < 4.78 is 72.2. The van der Waals surface area contributed by atoms with Crippen LogP contribution in [-0.2, 0) is 6.37 Å². The highest BCUT2D eigenvalue weighted by Crippen LogP contribution is 2.53. The van der Waals surface area contributed by atoms with Gasteiger partial charge in [0.25, 0.3) is 0 Å². The van der Waals surface area contributed by atoms with Crippen LogP contribution in [0.1, 0.15) is 87.7 Å². The molecule has 23 heavy (non-hydrogen) atoms. The number of fused-ring (bicyclic) bond motifs is 3. The highest BCUT2D eigenvalue weighted by Gasteiger charge is 2.45. The van der Waals surface area contributed by atoms with Crippen molar-refractivity contribution in [3.8, 4) is 11.5 Å². The van der Waals surface area contributed by atoms with Gasteiger partial charge in [0.15, 0.2) is 0 Å². The minimum absolute atomic E-state index is 0.0594. The summed E-state index contributed by atoms with van der Waals surface area (Å²) in [5, 5.41) is 10.9. The molecule has 0 amide bonds. The molecule has 1 N–H and O–H groups in total. The number of phenolic OH excluding ortho intramolecular Hbond substituents is 1. The minimum Gasteiger partial charge on any atom is -0.507 e. The van der Waals surface area contributed by atoms with E-state index in [1.165, 1.54) is 12.1 Å². The van der Waals surface area contributed by atoms with E-state index in [4.69, 9.17) is 14.3 Å². The third kappa shape index (κ3) is 3.13. The quantitative estimate of drug-likeness (QED) is 0.717. The van der Waals surface area contributed by atoms with Gasteiger partial charge in [0.05, 0.1) is 0 Å². The molecule has 1 aliphatic carbocycles. The van der Waals surface area contributed by atoms with Gasteiger partial charge in [-0.1, -0.05) is 31.4 Å². The Hall–Kier alpha value is -1.44. The first-order valence-electron chi connectivity index (χ1n) is 12.3. The Bertz CT molecular complexity index is 903. The van der Waals surface area contributed by atoms with Crippen LogP contribution in [0.25, 0.3) is 0 Å². The van der Waals surface area contributed by atoms with Crippen LogP contribution in [0.2, 0.25) is 0 Å². The second kappa shape index (κ2) is 6.22. The largest absolute Gasteiger partial charge is 0.507 e. The van der Waals surface area contributed by atoms with Crippen LogP contribution in [0.5, 0.6) is 11.5 Å². The molecular weight excluding hydrogens is 284 g/mol. The molecule has 0 fully saturated rings. The van der Waals surface area contributed by atoms with Crippen LogP contribution in [-0.4, -0.2) is 10.7 Å². The van der Waals surface area contributed by atoms with Crippen molar-refractivity contribution in [2.45, 2.75) is 77.5 Å². The summed E-state index contributed by atoms with van der Waals surface area (Å²) in [5.41, 5.74) is -1.19. The average Bonchev–Trinajstić information content (AvgIpc) is 2.59. The molecule has 2 heteroatoms. The molecule has 0 bridgehead atoms. The van der Waals surface area contributed by atoms with Crippen LogP contribution in [0.4, 0.5) is 0 Å². The molecule has 1 heterocycles. The lowest BCUT2D eigenvalue weighted by molar-refractivity contribution is 0.0107. The van der Waals surface area contributed by atoms with E-state index in [-0.39, 0.29) is 35.5 Å². The molecule has 2 aliphatic rings. The predicted molar refractivity (Wildman–Crippen MR) is 95.3 cm³/mol. The number of unbranched alkanes of at least 4 members (excludes halogenated alkanes) is 1. The zero-order valence-corrected chi connectivity index (χ0v) is 14.0. The summed E-state index contributed by atoms with van der Waals surface area (Å²) in [7, 11) is 0. The van der Waals surface area contributed by atoms with Gasteiger partial charge in [-0.2, -0.15) is 0 Å². The van der Waals surface area contributed by atoms with Crippen molar-refractivity contribution < 1.29 is 20.8 Å².